The van der Waals surface area contributed by atoms with Crippen LogP contribution >= 0.6 is 0 Å². The maximum Gasteiger partial charge on any atom is 0.414 e. The van der Waals surface area contributed by atoms with Gasteiger partial charge in [0.2, 0.25) is 5.91 Å². The second-order valence-corrected chi connectivity index (χ2v) is 3.82. The van der Waals surface area contributed by atoms with Crippen LogP contribution in [0.1, 0.15) is 12.5 Å². The standard InChI is InChI=1S/C12H16N2O4/c1-8(15)10(13)11(16)14-12(17)18-7-9-5-3-2-4-6-9/h2-6,8,10,15H,7,13H2,1H3,(H,14,16,17)/t8-,10+/m0/s1. The molecule has 18 heavy (non-hydrogen) atoms. The lowest BCUT2D eigenvalue weighted by molar-refractivity contribution is -0.123. The summed E-state index contributed by atoms with van der Waals surface area (Å²) in [4.78, 5) is 22.6. The van der Waals surface area contributed by atoms with Crippen LogP contribution in [-0.4, -0.2) is 29.3 Å². The number of carbonyl (C=O) groups is 2. The molecule has 0 radical (unpaired) electrons. The molecule has 0 aliphatic carbocycles. The number of hydrogen-bond donors (Lipinski definition) is 3. The van der Waals surface area contributed by atoms with E-state index >= 15 is 0 Å². The van der Waals surface area contributed by atoms with Gasteiger partial charge in [-0.05, 0) is 12.5 Å². The van der Waals surface area contributed by atoms with Gasteiger partial charge in [-0.3, -0.25) is 10.1 Å². The van der Waals surface area contributed by atoms with Gasteiger partial charge in [-0.1, -0.05) is 30.3 Å². The SMILES string of the molecule is C[C@H](O)[C@@H](N)C(=O)NC(=O)OCc1ccccc1. The Balaban J connectivity index is 2.36. The molecular weight excluding hydrogens is 236 g/mol. The van der Waals surface area contributed by atoms with Gasteiger partial charge in [-0.2, -0.15) is 0 Å². The Labute approximate surface area is 105 Å². The monoisotopic (exact) mass is 252 g/mol. The van der Waals surface area contributed by atoms with E-state index in [-0.39, 0.29) is 6.61 Å². The third kappa shape index (κ3) is 4.52. The van der Waals surface area contributed by atoms with Crippen LogP contribution in [0.15, 0.2) is 30.3 Å². The molecule has 0 spiro atoms. The Bertz CT molecular complexity index is 406. The fraction of sp³-hybridized carbons (Fsp3) is 0.333. The van der Waals surface area contributed by atoms with Crippen molar-refractivity contribution in [3.63, 3.8) is 0 Å². The normalized spacial score (nSPS) is 13.5. The van der Waals surface area contributed by atoms with Crippen LogP contribution in [0.3, 0.4) is 0 Å². The predicted molar refractivity (Wildman–Crippen MR) is 64.4 cm³/mol. The summed E-state index contributed by atoms with van der Waals surface area (Å²) in [7, 11) is 0. The number of aliphatic hydroxyl groups is 1. The van der Waals surface area contributed by atoms with E-state index in [0.29, 0.717) is 0 Å². The first kappa shape index (κ1) is 14.1. The van der Waals surface area contributed by atoms with E-state index in [9.17, 15) is 9.59 Å². The van der Waals surface area contributed by atoms with Crippen molar-refractivity contribution in [2.75, 3.05) is 0 Å². The third-order valence-electron chi connectivity index (χ3n) is 2.26. The Morgan fingerprint density at radius 3 is 2.56 bits per heavy atom. The highest BCUT2D eigenvalue weighted by molar-refractivity contribution is 5.95. The highest BCUT2D eigenvalue weighted by Crippen LogP contribution is 2.00. The van der Waals surface area contributed by atoms with Crippen molar-refractivity contribution in [3.8, 4) is 0 Å². The van der Waals surface area contributed by atoms with Crippen LogP contribution in [0.25, 0.3) is 0 Å². The van der Waals surface area contributed by atoms with Crippen LogP contribution in [-0.2, 0) is 16.1 Å². The average Bonchev–Trinajstić information content (AvgIpc) is 2.36. The zero-order valence-electron chi connectivity index (χ0n) is 10.00. The Morgan fingerprint density at radius 2 is 2.00 bits per heavy atom. The van der Waals surface area contributed by atoms with Crippen LogP contribution in [0, 0.1) is 0 Å². The topological polar surface area (TPSA) is 102 Å². The van der Waals surface area contributed by atoms with Gasteiger partial charge in [-0.15, -0.1) is 0 Å². The summed E-state index contributed by atoms with van der Waals surface area (Å²) in [5, 5.41) is 11.0. The van der Waals surface area contributed by atoms with Crippen LogP contribution in [0.5, 0.6) is 0 Å². The molecule has 2 amide bonds. The second kappa shape index (κ2) is 6.73. The minimum Gasteiger partial charge on any atom is -0.444 e. The molecule has 0 saturated heterocycles. The summed E-state index contributed by atoms with van der Waals surface area (Å²) in [6, 6.07) is 7.88. The molecule has 0 aliphatic rings. The zero-order valence-corrected chi connectivity index (χ0v) is 10.00. The Kier molecular flexibility index (Phi) is 5.29. The van der Waals surface area contributed by atoms with Gasteiger partial charge >= 0.3 is 6.09 Å². The molecule has 0 aliphatic heterocycles. The van der Waals surface area contributed by atoms with Crippen molar-refractivity contribution < 1.29 is 19.4 Å². The summed E-state index contributed by atoms with van der Waals surface area (Å²) in [5.41, 5.74) is 6.15. The molecule has 4 N–H and O–H groups in total. The average molecular weight is 252 g/mol. The molecule has 0 unspecified atom stereocenters. The van der Waals surface area contributed by atoms with Crippen LogP contribution in [0.2, 0.25) is 0 Å². The van der Waals surface area contributed by atoms with E-state index in [4.69, 9.17) is 15.6 Å². The molecule has 6 heteroatoms. The predicted octanol–water partition coefficient (Wildman–Crippen LogP) is 0.147. The molecule has 1 rings (SSSR count). The van der Waals surface area contributed by atoms with Crippen molar-refractivity contribution in [1.29, 1.82) is 0 Å². The molecule has 0 saturated carbocycles. The van der Waals surface area contributed by atoms with E-state index in [1.54, 1.807) is 12.1 Å². The molecule has 0 heterocycles. The lowest BCUT2D eigenvalue weighted by Gasteiger charge is -2.13. The number of nitrogens with two attached hydrogens (primary N) is 1. The fourth-order valence-electron chi connectivity index (χ4n) is 1.16. The first-order valence-electron chi connectivity index (χ1n) is 5.46. The molecule has 0 fully saturated rings. The number of benzene rings is 1. The molecular formula is C12H16N2O4. The van der Waals surface area contributed by atoms with Crippen molar-refractivity contribution in [3.05, 3.63) is 35.9 Å². The molecule has 1 aromatic carbocycles. The first-order chi connectivity index (χ1) is 8.50. The van der Waals surface area contributed by atoms with E-state index in [1.165, 1.54) is 6.92 Å². The number of rotatable bonds is 4. The summed E-state index contributed by atoms with van der Waals surface area (Å²) in [6.07, 6.45) is -1.92. The summed E-state index contributed by atoms with van der Waals surface area (Å²) in [5.74, 6) is -0.775. The number of hydrogen-bond acceptors (Lipinski definition) is 5. The fourth-order valence-corrected chi connectivity index (χ4v) is 1.16. The zero-order chi connectivity index (χ0) is 13.5. The van der Waals surface area contributed by atoms with Gasteiger partial charge in [-0.25, -0.2) is 4.79 Å². The van der Waals surface area contributed by atoms with E-state index in [0.717, 1.165) is 5.56 Å². The summed E-state index contributed by atoms with van der Waals surface area (Å²) in [6.45, 7) is 1.42. The lowest BCUT2D eigenvalue weighted by Crippen LogP contribution is -2.49. The van der Waals surface area contributed by atoms with Gasteiger partial charge in [0.05, 0.1) is 6.10 Å². The van der Waals surface area contributed by atoms with E-state index in [1.807, 2.05) is 23.5 Å². The summed E-state index contributed by atoms with van der Waals surface area (Å²) < 4.78 is 4.82. The van der Waals surface area contributed by atoms with Crippen LogP contribution in [0.4, 0.5) is 4.79 Å². The largest absolute Gasteiger partial charge is 0.444 e. The smallest absolute Gasteiger partial charge is 0.414 e. The highest BCUT2D eigenvalue weighted by Gasteiger charge is 2.21. The minimum atomic E-state index is -1.16. The van der Waals surface area contributed by atoms with Crippen molar-refractivity contribution >= 4 is 12.0 Å². The van der Waals surface area contributed by atoms with Crippen molar-refractivity contribution in [2.45, 2.75) is 25.7 Å². The first-order valence-corrected chi connectivity index (χ1v) is 5.46. The van der Waals surface area contributed by atoms with Crippen LogP contribution < -0.4 is 11.1 Å². The van der Waals surface area contributed by atoms with E-state index in [2.05, 4.69) is 0 Å². The molecule has 98 valence electrons. The van der Waals surface area contributed by atoms with Gasteiger partial charge in [0, 0.05) is 0 Å². The van der Waals surface area contributed by atoms with E-state index < -0.39 is 24.1 Å². The molecule has 2 atom stereocenters. The number of alkyl carbamates (subject to hydrolysis) is 1. The van der Waals surface area contributed by atoms with Gasteiger partial charge < -0.3 is 15.6 Å². The minimum absolute atomic E-state index is 0.0594. The number of aliphatic hydroxyl groups excluding tert-OH is 1. The number of ether oxygens (including phenoxy) is 1. The number of carbonyl (C=O) groups excluding carboxylic acids is 2. The number of nitrogens with one attached hydrogen (secondary N) is 1. The Hall–Kier alpha value is -1.92. The van der Waals surface area contributed by atoms with Gasteiger partial charge in [0.1, 0.15) is 12.6 Å². The highest BCUT2D eigenvalue weighted by atomic mass is 16.5. The van der Waals surface area contributed by atoms with Gasteiger partial charge in [0.15, 0.2) is 0 Å². The van der Waals surface area contributed by atoms with Gasteiger partial charge in [0.25, 0.3) is 0 Å². The lowest BCUT2D eigenvalue weighted by atomic mass is 10.2. The number of amides is 2. The maximum atomic E-state index is 11.3. The molecule has 1 aromatic rings. The molecule has 0 aromatic heterocycles. The molecule has 6 nitrogen and oxygen atoms in total. The van der Waals surface area contributed by atoms with Crippen molar-refractivity contribution in [2.24, 2.45) is 5.73 Å². The number of imide groups is 1. The quantitative estimate of drug-likeness (QED) is 0.708. The van der Waals surface area contributed by atoms with Crippen molar-refractivity contribution in [1.82, 2.24) is 5.32 Å². The second-order valence-electron chi connectivity index (χ2n) is 3.82. The Morgan fingerprint density at radius 1 is 1.39 bits per heavy atom. The molecule has 0 bridgehead atoms. The third-order valence-corrected chi connectivity index (χ3v) is 2.26. The summed E-state index contributed by atoms with van der Waals surface area (Å²) >= 11 is 0. The maximum absolute atomic E-state index is 11.3.